The maximum atomic E-state index is 13.6. The molecule has 0 radical (unpaired) electrons. The summed E-state index contributed by atoms with van der Waals surface area (Å²) in [5.41, 5.74) is -0.380. The lowest BCUT2D eigenvalue weighted by Gasteiger charge is -2.17. The molecule has 6 nitrogen and oxygen atoms in total. The van der Waals surface area contributed by atoms with E-state index in [9.17, 15) is 17.6 Å². The van der Waals surface area contributed by atoms with E-state index in [4.69, 9.17) is 0 Å². The number of pyridine rings is 1. The van der Waals surface area contributed by atoms with Crippen LogP contribution in [0.3, 0.4) is 0 Å². The predicted molar refractivity (Wildman–Crippen MR) is 112 cm³/mol. The number of alkyl halides is 3. The Morgan fingerprint density at radius 1 is 0.906 bits per heavy atom. The lowest BCUT2D eigenvalue weighted by atomic mass is 10.1. The molecule has 1 aliphatic carbocycles. The minimum atomic E-state index is -4.59. The highest BCUT2D eigenvalue weighted by Crippen LogP contribution is 2.34. The molecule has 2 atom stereocenters. The van der Waals surface area contributed by atoms with Gasteiger partial charge in [0.05, 0.1) is 6.04 Å². The van der Waals surface area contributed by atoms with Crippen LogP contribution >= 0.6 is 0 Å². The van der Waals surface area contributed by atoms with Crippen LogP contribution in [0.2, 0.25) is 0 Å². The Bertz CT molecular complexity index is 1100. The van der Waals surface area contributed by atoms with Crippen molar-refractivity contribution in [2.24, 2.45) is 5.92 Å². The Morgan fingerprint density at radius 3 is 2.25 bits per heavy atom. The number of hydrogen-bond acceptors (Lipinski definition) is 6. The van der Waals surface area contributed by atoms with Crippen LogP contribution in [-0.4, -0.2) is 26.0 Å². The lowest BCUT2D eigenvalue weighted by Crippen LogP contribution is -2.21. The van der Waals surface area contributed by atoms with E-state index in [0.717, 1.165) is 18.9 Å². The summed E-state index contributed by atoms with van der Waals surface area (Å²) in [4.78, 5) is 16.7. The van der Waals surface area contributed by atoms with Crippen molar-refractivity contribution in [3.8, 4) is 11.5 Å². The van der Waals surface area contributed by atoms with Crippen LogP contribution in [0.4, 0.5) is 29.5 Å². The van der Waals surface area contributed by atoms with Gasteiger partial charge in [-0.05, 0) is 62.4 Å². The number of aromatic nitrogens is 4. The second kappa shape index (κ2) is 8.68. The van der Waals surface area contributed by atoms with Crippen molar-refractivity contribution in [2.45, 2.75) is 44.9 Å². The van der Waals surface area contributed by atoms with Crippen LogP contribution in [0.5, 0.6) is 0 Å². The van der Waals surface area contributed by atoms with Gasteiger partial charge < -0.3 is 10.6 Å². The third kappa shape index (κ3) is 5.30. The van der Waals surface area contributed by atoms with E-state index in [1.165, 1.54) is 24.3 Å². The van der Waals surface area contributed by atoms with Gasteiger partial charge >= 0.3 is 6.18 Å². The number of halogens is 4. The maximum absolute atomic E-state index is 13.6. The molecule has 0 aliphatic heterocycles. The van der Waals surface area contributed by atoms with Crippen molar-refractivity contribution >= 4 is 11.9 Å². The molecule has 1 unspecified atom stereocenters. The summed E-state index contributed by atoms with van der Waals surface area (Å²) in [6.45, 7) is 3.81. The fourth-order valence-electron chi connectivity index (χ4n) is 3.31. The van der Waals surface area contributed by atoms with Gasteiger partial charge in [-0.3, -0.25) is 0 Å². The summed E-state index contributed by atoms with van der Waals surface area (Å²) < 4.78 is 53.0. The Labute approximate surface area is 182 Å². The molecule has 2 aromatic heterocycles. The molecule has 10 heteroatoms. The number of rotatable bonds is 7. The molecule has 0 spiro atoms. The molecule has 0 amide bonds. The summed E-state index contributed by atoms with van der Waals surface area (Å²) in [5.74, 6) is 0.523. The van der Waals surface area contributed by atoms with Crippen LogP contribution in [0.1, 0.15) is 44.0 Å². The van der Waals surface area contributed by atoms with E-state index >= 15 is 0 Å². The van der Waals surface area contributed by atoms with Crippen LogP contribution < -0.4 is 10.6 Å². The van der Waals surface area contributed by atoms with E-state index in [2.05, 4.69) is 30.6 Å². The second-order valence-electron chi connectivity index (χ2n) is 7.90. The van der Waals surface area contributed by atoms with E-state index in [1.54, 1.807) is 19.1 Å². The van der Waals surface area contributed by atoms with Gasteiger partial charge in [-0.1, -0.05) is 18.2 Å². The molecule has 2 heterocycles. The van der Waals surface area contributed by atoms with Crippen molar-refractivity contribution < 1.29 is 17.6 Å². The average molecular weight is 446 g/mol. The van der Waals surface area contributed by atoms with Crippen molar-refractivity contribution in [1.82, 2.24) is 19.9 Å². The van der Waals surface area contributed by atoms with Crippen LogP contribution in [0.15, 0.2) is 42.5 Å². The van der Waals surface area contributed by atoms with Crippen molar-refractivity contribution in [3.05, 3.63) is 59.5 Å². The Hall–Kier alpha value is -3.30. The minimum Gasteiger partial charge on any atom is -0.351 e. The van der Waals surface area contributed by atoms with Gasteiger partial charge in [0.2, 0.25) is 11.9 Å². The average Bonchev–Trinajstić information content (AvgIpc) is 3.58. The summed E-state index contributed by atoms with van der Waals surface area (Å²) in [6.07, 6.45) is -2.39. The van der Waals surface area contributed by atoms with Gasteiger partial charge in [0.1, 0.15) is 17.2 Å². The Kier molecular flexibility index (Phi) is 5.94. The number of anilines is 2. The Balaban J connectivity index is 1.68. The SMILES string of the molecule is CC(Nc1nc(N[C@H](C)C2CC2)nc(-c2cccc(C(F)(F)F)n2)n1)c1cccc(F)c1. The molecular formula is C22H22F4N6. The van der Waals surface area contributed by atoms with Crippen molar-refractivity contribution in [1.29, 1.82) is 0 Å². The van der Waals surface area contributed by atoms with Crippen molar-refractivity contribution in [3.63, 3.8) is 0 Å². The molecule has 3 aromatic rings. The standard InChI is InChI=1S/C22H22F4N6/c1-12(14-9-10-14)27-20-30-19(17-7-4-8-18(29-17)22(24,25)26)31-21(32-20)28-13(2)15-5-3-6-16(23)11-15/h3-8,11-14H,9-10H2,1-2H3,(H2,27,28,30,31,32)/t12-,13?/m1/s1. The number of hydrogen-bond donors (Lipinski definition) is 2. The van der Waals surface area contributed by atoms with Crippen LogP contribution in [0.25, 0.3) is 11.5 Å². The van der Waals surface area contributed by atoms with Crippen molar-refractivity contribution in [2.75, 3.05) is 10.6 Å². The fourth-order valence-corrected chi connectivity index (χ4v) is 3.31. The molecule has 32 heavy (non-hydrogen) atoms. The summed E-state index contributed by atoms with van der Waals surface area (Å²) in [6, 6.07) is 9.40. The largest absolute Gasteiger partial charge is 0.433 e. The molecule has 0 saturated heterocycles. The first-order chi connectivity index (χ1) is 15.2. The highest BCUT2D eigenvalue weighted by Gasteiger charge is 2.33. The monoisotopic (exact) mass is 446 g/mol. The molecule has 4 rings (SSSR count). The first-order valence-corrected chi connectivity index (χ1v) is 10.3. The van der Waals surface area contributed by atoms with Gasteiger partial charge in [-0.25, -0.2) is 9.37 Å². The topological polar surface area (TPSA) is 75.6 Å². The van der Waals surface area contributed by atoms with Gasteiger partial charge in [0.15, 0.2) is 5.82 Å². The third-order valence-corrected chi connectivity index (χ3v) is 5.28. The third-order valence-electron chi connectivity index (χ3n) is 5.28. The number of benzene rings is 1. The second-order valence-corrected chi connectivity index (χ2v) is 7.90. The maximum Gasteiger partial charge on any atom is 0.433 e. The normalized spacial score (nSPS) is 15.8. The molecule has 1 aliphatic rings. The van der Waals surface area contributed by atoms with Crippen LogP contribution in [0, 0.1) is 11.7 Å². The van der Waals surface area contributed by atoms with E-state index in [1.807, 2.05) is 6.92 Å². The summed E-state index contributed by atoms with van der Waals surface area (Å²) >= 11 is 0. The highest BCUT2D eigenvalue weighted by molar-refractivity contribution is 5.54. The number of nitrogens with one attached hydrogen (secondary N) is 2. The van der Waals surface area contributed by atoms with E-state index < -0.39 is 11.9 Å². The van der Waals surface area contributed by atoms with E-state index in [-0.39, 0.29) is 41.3 Å². The minimum absolute atomic E-state index is 0.00513. The van der Waals surface area contributed by atoms with Gasteiger partial charge in [-0.2, -0.15) is 28.1 Å². The summed E-state index contributed by atoms with van der Waals surface area (Å²) in [5, 5.41) is 6.29. The lowest BCUT2D eigenvalue weighted by molar-refractivity contribution is -0.141. The smallest absolute Gasteiger partial charge is 0.351 e. The molecule has 0 bridgehead atoms. The fraction of sp³-hybridized carbons (Fsp3) is 0.364. The molecule has 2 N–H and O–H groups in total. The Morgan fingerprint density at radius 2 is 1.59 bits per heavy atom. The first-order valence-electron chi connectivity index (χ1n) is 10.3. The zero-order chi connectivity index (χ0) is 22.9. The van der Waals surface area contributed by atoms with E-state index in [0.29, 0.717) is 11.5 Å². The zero-order valence-electron chi connectivity index (χ0n) is 17.5. The summed E-state index contributed by atoms with van der Waals surface area (Å²) in [7, 11) is 0. The highest BCUT2D eigenvalue weighted by atomic mass is 19.4. The quantitative estimate of drug-likeness (QED) is 0.469. The molecule has 1 aromatic carbocycles. The van der Waals surface area contributed by atoms with Crippen LogP contribution in [-0.2, 0) is 6.18 Å². The van der Waals surface area contributed by atoms with Gasteiger partial charge in [0, 0.05) is 6.04 Å². The molecule has 1 fully saturated rings. The number of nitrogens with zero attached hydrogens (tertiary/aromatic N) is 4. The van der Waals surface area contributed by atoms with Gasteiger partial charge in [-0.15, -0.1) is 0 Å². The molecule has 168 valence electrons. The first kappa shape index (κ1) is 21.9. The van der Waals surface area contributed by atoms with Gasteiger partial charge in [0.25, 0.3) is 0 Å². The zero-order valence-corrected chi connectivity index (χ0v) is 17.5. The molecular weight excluding hydrogens is 424 g/mol. The molecule has 1 saturated carbocycles. The predicted octanol–water partition coefficient (Wildman–Crippen LogP) is 5.48.